The van der Waals surface area contributed by atoms with E-state index in [4.69, 9.17) is 11.6 Å². The summed E-state index contributed by atoms with van der Waals surface area (Å²) in [4.78, 5) is 25.9. The topological polar surface area (TPSA) is 54.9 Å². The first-order valence-electron chi connectivity index (χ1n) is 5.61. The van der Waals surface area contributed by atoms with Crippen LogP contribution in [0.3, 0.4) is 0 Å². The lowest BCUT2D eigenvalue weighted by Gasteiger charge is -2.12. The molecule has 0 aliphatic rings. The van der Waals surface area contributed by atoms with Crippen LogP contribution in [0.15, 0.2) is 21.7 Å². The lowest BCUT2D eigenvalue weighted by molar-refractivity contribution is 0.584. The standard InChI is InChI=1S/C13H12ClFN2O2/c1-6-4-7(2)10(8(3)5-6)17-12(18)9(15)11(14)16-13(17)19/h4-5H,1-3H3,(H,16,19). The van der Waals surface area contributed by atoms with E-state index in [2.05, 4.69) is 4.98 Å². The molecule has 0 unspecified atom stereocenters. The summed E-state index contributed by atoms with van der Waals surface area (Å²) in [6.07, 6.45) is 0. The van der Waals surface area contributed by atoms with Gasteiger partial charge in [0.1, 0.15) is 0 Å². The van der Waals surface area contributed by atoms with Crippen molar-refractivity contribution in [1.82, 2.24) is 9.55 Å². The molecule has 0 aliphatic heterocycles. The Kier molecular flexibility index (Phi) is 3.32. The van der Waals surface area contributed by atoms with Gasteiger partial charge in [-0.25, -0.2) is 9.36 Å². The van der Waals surface area contributed by atoms with Gasteiger partial charge in [-0.2, -0.15) is 4.39 Å². The van der Waals surface area contributed by atoms with E-state index in [-0.39, 0.29) is 0 Å². The van der Waals surface area contributed by atoms with Gasteiger partial charge in [-0.1, -0.05) is 29.3 Å². The molecule has 4 nitrogen and oxygen atoms in total. The van der Waals surface area contributed by atoms with Crippen LogP contribution in [0, 0.1) is 26.6 Å². The summed E-state index contributed by atoms with van der Waals surface area (Å²) in [5.41, 5.74) is 0.999. The molecule has 0 amide bonds. The van der Waals surface area contributed by atoms with Gasteiger partial charge in [0.15, 0.2) is 5.15 Å². The number of rotatable bonds is 1. The number of aryl methyl sites for hydroxylation is 3. The Hall–Kier alpha value is -1.88. The van der Waals surface area contributed by atoms with Gasteiger partial charge in [0.2, 0.25) is 5.82 Å². The SMILES string of the molecule is Cc1cc(C)c(-n2c(=O)[nH]c(Cl)c(F)c2=O)c(C)c1. The van der Waals surface area contributed by atoms with Gasteiger partial charge in [-0.15, -0.1) is 0 Å². The molecule has 2 aromatic rings. The van der Waals surface area contributed by atoms with Crippen molar-refractivity contribution in [3.63, 3.8) is 0 Å². The lowest BCUT2D eigenvalue weighted by Crippen LogP contribution is -2.36. The van der Waals surface area contributed by atoms with Gasteiger partial charge >= 0.3 is 5.69 Å². The van der Waals surface area contributed by atoms with Crippen LogP contribution in [0.2, 0.25) is 5.15 Å². The van der Waals surface area contributed by atoms with Crippen molar-refractivity contribution in [3.8, 4) is 5.69 Å². The van der Waals surface area contributed by atoms with E-state index in [0.29, 0.717) is 16.8 Å². The van der Waals surface area contributed by atoms with Crippen LogP contribution in [0.5, 0.6) is 0 Å². The van der Waals surface area contributed by atoms with E-state index >= 15 is 0 Å². The molecule has 0 bridgehead atoms. The monoisotopic (exact) mass is 282 g/mol. The summed E-state index contributed by atoms with van der Waals surface area (Å²) in [6.45, 7) is 5.42. The van der Waals surface area contributed by atoms with Crippen molar-refractivity contribution in [1.29, 1.82) is 0 Å². The van der Waals surface area contributed by atoms with Crippen LogP contribution in [0.1, 0.15) is 16.7 Å². The highest BCUT2D eigenvalue weighted by Gasteiger charge is 2.16. The van der Waals surface area contributed by atoms with Crippen LogP contribution in [-0.4, -0.2) is 9.55 Å². The van der Waals surface area contributed by atoms with E-state index in [1.54, 1.807) is 13.8 Å². The maximum atomic E-state index is 13.6. The molecule has 1 aromatic heterocycles. The first-order valence-corrected chi connectivity index (χ1v) is 5.99. The largest absolute Gasteiger partial charge is 0.334 e. The third-order valence-electron chi connectivity index (χ3n) is 2.86. The number of benzene rings is 1. The minimum Gasteiger partial charge on any atom is -0.295 e. The Morgan fingerprint density at radius 1 is 1.16 bits per heavy atom. The zero-order valence-corrected chi connectivity index (χ0v) is 11.4. The van der Waals surface area contributed by atoms with Crippen molar-refractivity contribution >= 4 is 11.6 Å². The van der Waals surface area contributed by atoms with E-state index in [9.17, 15) is 14.0 Å². The molecule has 1 aromatic carbocycles. The highest BCUT2D eigenvalue weighted by molar-refractivity contribution is 6.29. The van der Waals surface area contributed by atoms with Gasteiger partial charge in [-0.3, -0.25) is 9.78 Å². The van der Waals surface area contributed by atoms with Crippen molar-refractivity contribution < 1.29 is 4.39 Å². The van der Waals surface area contributed by atoms with Crippen molar-refractivity contribution in [3.05, 3.63) is 60.6 Å². The number of nitrogens with zero attached hydrogens (tertiary/aromatic N) is 1. The second kappa shape index (κ2) is 4.66. The van der Waals surface area contributed by atoms with Crippen molar-refractivity contribution in [2.24, 2.45) is 0 Å². The average molecular weight is 283 g/mol. The summed E-state index contributed by atoms with van der Waals surface area (Å²) >= 11 is 5.44. The first kappa shape index (κ1) is 13.5. The number of hydrogen-bond acceptors (Lipinski definition) is 2. The molecular weight excluding hydrogens is 271 g/mol. The van der Waals surface area contributed by atoms with Gasteiger partial charge in [0, 0.05) is 0 Å². The maximum Gasteiger partial charge on any atom is 0.334 e. The predicted octanol–water partition coefficient (Wildman–Crippen LogP) is 2.24. The predicted molar refractivity (Wildman–Crippen MR) is 71.8 cm³/mol. The minimum atomic E-state index is -1.17. The third kappa shape index (κ3) is 2.21. The number of hydrogen-bond donors (Lipinski definition) is 1. The molecule has 0 aliphatic carbocycles. The molecule has 2 rings (SSSR count). The van der Waals surface area contributed by atoms with Crippen molar-refractivity contribution in [2.45, 2.75) is 20.8 Å². The zero-order valence-electron chi connectivity index (χ0n) is 10.7. The Balaban J connectivity index is 2.93. The Bertz CT molecular complexity index is 754. The smallest absolute Gasteiger partial charge is 0.295 e. The zero-order chi connectivity index (χ0) is 14.3. The number of aromatic amines is 1. The van der Waals surface area contributed by atoms with Crippen LogP contribution in [0.4, 0.5) is 4.39 Å². The second-order valence-electron chi connectivity index (χ2n) is 4.45. The normalized spacial score (nSPS) is 10.8. The fourth-order valence-electron chi connectivity index (χ4n) is 2.22. The molecule has 0 spiro atoms. The maximum absolute atomic E-state index is 13.6. The fourth-order valence-corrected chi connectivity index (χ4v) is 2.38. The molecule has 19 heavy (non-hydrogen) atoms. The molecular formula is C13H12ClFN2O2. The summed E-state index contributed by atoms with van der Waals surface area (Å²) < 4.78 is 14.3. The summed E-state index contributed by atoms with van der Waals surface area (Å²) in [7, 11) is 0. The van der Waals surface area contributed by atoms with Gasteiger partial charge in [-0.05, 0) is 31.9 Å². The molecule has 100 valence electrons. The summed E-state index contributed by atoms with van der Waals surface area (Å²) in [5.74, 6) is -1.17. The second-order valence-corrected chi connectivity index (χ2v) is 4.82. The summed E-state index contributed by atoms with van der Waals surface area (Å²) in [5, 5.41) is -0.575. The Morgan fingerprint density at radius 2 is 1.68 bits per heavy atom. The molecule has 1 heterocycles. The van der Waals surface area contributed by atoms with E-state index in [1.807, 2.05) is 19.1 Å². The highest BCUT2D eigenvalue weighted by Crippen LogP contribution is 2.18. The number of H-pyrrole nitrogens is 1. The molecule has 0 atom stereocenters. The Labute approximate surface area is 113 Å². The fraction of sp³-hybridized carbons (Fsp3) is 0.231. The van der Waals surface area contributed by atoms with Gasteiger partial charge < -0.3 is 0 Å². The van der Waals surface area contributed by atoms with E-state index < -0.39 is 22.2 Å². The van der Waals surface area contributed by atoms with Crippen LogP contribution in [-0.2, 0) is 0 Å². The molecule has 0 saturated carbocycles. The summed E-state index contributed by atoms with van der Waals surface area (Å²) in [6, 6.07) is 3.64. The molecule has 1 N–H and O–H groups in total. The van der Waals surface area contributed by atoms with Gasteiger partial charge in [0.25, 0.3) is 5.56 Å². The molecule has 6 heteroatoms. The van der Waals surface area contributed by atoms with Crippen LogP contribution in [0.25, 0.3) is 5.69 Å². The van der Waals surface area contributed by atoms with E-state index in [0.717, 1.165) is 10.1 Å². The minimum absolute atomic E-state index is 0.382. The number of aromatic nitrogens is 2. The lowest BCUT2D eigenvalue weighted by atomic mass is 10.1. The highest BCUT2D eigenvalue weighted by atomic mass is 35.5. The molecule has 0 fully saturated rings. The van der Waals surface area contributed by atoms with Gasteiger partial charge in [0.05, 0.1) is 5.69 Å². The quantitative estimate of drug-likeness (QED) is 0.816. The third-order valence-corrected chi connectivity index (χ3v) is 3.12. The molecule has 0 radical (unpaired) electrons. The molecule has 0 saturated heterocycles. The average Bonchev–Trinajstić information content (AvgIpc) is 2.29. The van der Waals surface area contributed by atoms with Crippen LogP contribution >= 0.6 is 11.6 Å². The van der Waals surface area contributed by atoms with Crippen molar-refractivity contribution in [2.75, 3.05) is 0 Å². The number of nitrogens with one attached hydrogen (secondary N) is 1. The first-order chi connectivity index (χ1) is 8.82. The Morgan fingerprint density at radius 3 is 2.21 bits per heavy atom. The van der Waals surface area contributed by atoms with Crippen LogP contribution < -0.4 is 11.2 Å². The number of halogens is 2. The van der Waals surface area contributed by atoms with E-state index in [1.165, 1.54) is 0 Å².